The maximum Gasteiger partial charge on any atom is 0.203 e. The van der Waals surface area contributed by atoms with E-state index in [1.54, 1.807) is 32.2 Å². The molecule has 3 aromatic heterocycles. The third-order valence-electron chi connectivity index (χ3n) is 4.86. The molecule has 0 aliphatic heterocycles. The maximum absolute atomic E-state index is 5.44. The minimum absolute atomic E-state index is 0.527. The van der Waals surface area contributed by atoms with Crippen molar-refractivity contribution in [1.29, 1.82) is 0 Å². The van der Waals surface area contributed by atoms with Gasteiger partial charge in [0, 0.05) is 10.9 Å². The molecular weight excluding hydrogens is 384 g/mol. The number of aromatic nitrogens is 6. The lowest BCUT2D eigenvalue weighted by Crippen LogP contribution is -1.95. The Morgan fingerprint density at radius 3 is 2.43 bits per heavy atom. The number of fused-ring (bicyclic) bond motifs is 3. The van der Waals surface area contributed by atoms with Crippen LogP contribution >= 0.6 is 0 Å². The number of hydrogen-bond donors (Lipinski definition) is 1. The second-order valence-corrected chi connectivity index (χ2v) is 6.55. The van der Waals surface area contributed by atoms with Gasteiger partial charge in [0.05, 0.1) is 32.5 Å². The first kappa shape index (κ1) is 17.9. The number of aromatic amines is 1. The fourth-order valence-electron chi connectivity index (χ4n) is 3.41. The molecule has 0 bridgehead atoms. The fraction of sp³-hybridized carbons (Fsp3) is 0.143. The molecule has 3 heterocycles. The van der Waals surface area contributed by atoms with Crippen molar-refractivity contribution in [2.45, 2.75) is 0 Å². The molecule has 9 heteroatoms. The molecule has 1 N–H and O–H groups in total. The SMILES string of the molecule is COc1cc(-c2cc(-c3nc4c5ccccc5ncn4n3)[nH]n2)cc(OC)c1OC. The van der Waals surface area contributed by atoms with E-state index in [-0.39, 0.29) is 0 Å². The van der Waals surface area contributed by atoms with E-state index in [1.807, 2.05) is 42.5 Å². The number of benzene rings is 2. The minimum atomic E-state index is 0.527. The predicted octanol–water partition coefficient (Wildman–Crippen LogP) is 3.36. The summed E-state index contributed by atoms with van der Waals surface area (Å²) >= 11 is 0. The monoisotopic (exact) mass is 402 g/mol. The summed E-state index contributed by atoms with van der Waals surface area (Å²) in [7, 11) is 4.73. The van der Waals surface area contributed by atoms with Crippen LogP contribution in [-0.2, 0) is 0 Å². The summed E-state index contributed by atoms with van der Waals surface area (Å²) in [6, 6.07) is 13.4. The fourth-order valence-corrected chi connectivity index (χ4v) is 3.41. The first-order valence-corrected chi connectivity index (χ1v) is 9.18. The molecule has 0 amide bonds. The van der Waals surface area contributed by atoms with Crippen LogP contribution in [-0.4, -0.2) is 51.1 Å². The molecule has 0 fully saturated rings. The Kier molecular flexibility index (Phi) is 4.20. The van der Waals surface area contributed by atoms with Crippen LogP contribution < -0.4 is 14.2 Å². The Morgan fingerprint density at radius 1 is 0.933 bits per heavy atom. The van der Waals surface area contributed by atoms with Crippen molar-refractivity contribution in [3.05, 3.63) is 48.8 Å². The van der Waals surface area contributed by atoms with Crippen molar-refractivity contribution in [3.63, 3.8) is 0 Å². The second kappa shape index (κ2) is 7.03. The second-order valence-electron chi connectivity index (χ2n) is 6.55. The first-order chi connectivity index (χ1) is 14.7. The number of ether oxygens (including phenoxy) is 3. The highest BCUT2D eigenvalue weighted by molar-refractivity contribution is 5.91. The van der Waals surface area contributed by atoms with E-state index in [9.17, 15) is 0 Å². The van der Waals surface area contributed by atoms with E-state index < -0.39 is 0 Å². The Balaban J connectivity index is 1.58. The van der Waals surface area contributed by atoms with Gasteiger partial charge in [-0.25, -0.2) is 14.5 Å². The summed E-state index contributed by atoms with van der Waals surface area (Å²) in [6.45, 7) is 0. The summed E-state index contributed by atoms with van der Waals surface area (Å²) in [5.74, 6) is 2.17. The standard InChI is InChI=1S/C21H18N6O3/c1-28-17-8-12(9-18(29-2)19(17)30-3)15-10-16(25-24-15)20-23-21-13-6-4-5-7-14(13)22-11-27(21)26-20/h4-11H,1-3H3,(H,24,25). The molecule has 0 radical (unpaired) electrons. The smallest absolute Gasteiger partial charge is 0.203 e. The lowest BCUT2D eigenvalue weighted by Gasteiger charge is -2.13. The third-order valence-corrected chi connectivity index (χ3v) is 4.86. The highest BCUT2D eigenvalue weighted by Crippen LogP contribution is 2.41. The Hall–Kier alpha value is -4.14. The largest absolute Gasteiger partial charge is 0.493 e. The third kappa shape index (κ3) is 2.79. The summed E-state index contributed by atoms with van der Waals surface area (Å²) in [5.41, 5.74) is 3.80. The quantitative estimate of drug-likeness (QED) is 0.481. The van der Waals surface area contributed by atoms with E-state index in [0.29, 0.717) is 34.5 Å². The summed E-state index contributed by atoms with van der Waals surface area (Å²) < 4.78 is 17.9. The van der Waals surface area contributed by atoms with Crippen molar-refractivity contribution in [2.24, 2.45) is 0 Å². The van der Waals surface area contributed by atoms with Gasteiger partial charge in [-0.05, 0) is 30.3 Å². The van der Waals surface area contributed by atoms with E-state index in [2.05, 4.69) is 25.3 Å². The van der Waals surface area contributed by atoms with Gasteiger partial charge < -0.3 is 14.2 Å². The van der Waals surface area contributed by atoms with Gasteiger partial charge in [0.15, 0.2) is 23.0 Å². The molecule has 9 nitrogen and oxygen atoms in total. The number of hydrogen-bond acceptors (Lipinski definition) is 7. The topological polar surface area (TPSA) is 99.5 Å². The van der Waals surface area contributed by atoms with Crippen molar-refractivity contribution < 1.29 is 14.2 Å². The Morgan fingerprint density at radius 2 is 1.70 bits per heavy atom. The maximum atomic E-state index is 5.44. The average molecular weight is 402 g/mol. The van der Waals surface area contributed by atoms with Gasteiger partial charge in [-0.3, -0.25) is 5.10 Å². The first-order valence-electron chi connectivity index (χ1n) is 9.18. The molecule has 0 atom stereocenters. The zero-order valence-corrected chi connectivity index (χ0v) is 16.6. The molecule has 0 saturated carbocycles. The van der Waals surface area contributed by atoms with Crippen LogP contribution in [0.5, 0.6) is 17.2 Å². The number of nitrogens with one attached hydrogen (secondary N) is 1. The molecule has 5 aromatic rings. The molecule has 0 aliphatic carbocycles. The normalized spacial score (nSPS) is 11.2. The minimum Gasteiger partial charge on any atom is -0.493 e. The summed E-state index contributed by atoms with van der Waals surface area (Å²) in [6.07, 6.45) is 1.66. The molecule has 30 heavy (non-hydrogen) atoms. The number of methoxy groups -OCH3 is 3. The molecule has 0 saturated heterocycles. The molecule has 150 valence electrons. The molecule has 0 unspecified atom stereocenters. The summed E-state index contributed by atoms with van der Waals surface area (Å²) in [4.78, 5) is 9.10. The van der Waals surface area contributed by atoms with Gasteiger partial charge in [-0.15, -0.1) is 5.10 Å². The van der Waals surface area contributed by atoms with Gasteiger partial charge in [0.25, 0.3) is 0 Å². The lowest BCUT2D eigenvalue weighted by molar-refractivity contribution is 0.324. The van der Waals surface area contributed by atoms with Gasteiger partial charge in [0.1, 0.15) is 12.0 Å². The number of para-hydroxylation sites is 1. The zero-order valence-electron chi connectivity index (χ0n) is 16.6. The zero-order chi connectivity index (χ0) is 20.7. The Bertz CT molecular complexity index is 1350. The van der Waals surface area contributed by atoms with E-state index in [1.165, 1.54) is 0 Å². The number of H-pyrrole nitrogens is 1. The van der Waals surface area contributed by atoms with Gasteiger partial charge >= 0.3 is 0 Å². The van der Waals surface area contributed by atoms with Gasteiger partial charge in [0.2, 0.25) is 5.75 Å². The van der Waals surface area contributed by atoms with Gasteiger partial charge in [-0.1, -0.05) is 12.1 Å². The van der Waals surface area contributed by atoms with Crippen molar-refractivity contribution >= 4 is 16.6 Å². The molecular formula is C21H18N6O3. The van der Waals surface area contributed by atoms with E-state index in [0.717, 1.165) is 22.1 Å². The average Bonchev–Trinajstić information content (AvgIpc) is 3.45. The molecule has 2 aromatic carbocycles. The molecule has 5 rings (SSSR count). The van der Waals surface area contributed by atoms with Crippen molar-refractivity contribution in [1.82, 2.24) is 29.8 Å². The van der Waals surface area contributed by atoms with E-state index in [4.69, 9.17) is 14.2 Å². The number of rotatable bonds is 5. The Labute approximate surface area is 171 Å². The summed E-state index contributed by atoms with van der Waals surface area (Å²) in [5, 5.41) is 12.9. The van der Waals surface area contributed by atoms with Crippen LogP contribution in [0.4, 0.5) is 0 Å². The van der Waals surface area contributed by atoms with Crippen LogP contribution in [0.3, 0.4) is 0 Å². The van der Waals surface area contributed by atoms with Crippen LogP contribution in [0.25, 0.3) is 39.3 Å². The number of nitrogens with zero attached hydrogens (tertiary/aromatic N) is 5. The van der Waals surface area contributed by atoms with Crippen molar-refractivity contribution in [3.8, 4) is 40.0 Å². The van der Waals surface area contributed by atoms with Crippen LogP contribution in [0, 0.1) is 0 Å². The van der Waals surface area contributed by atoms with Gasteiger partial charge in [-0.2, -0.15) is 5.10 Å². The van der Waals surface area contributed by atoms with Crippen LogP contribution in [0.2, 0.25) is 0 Å². The highest BCUT2D eigenvalue weighted by atomic mass is 16.5. The molecule has 0 aliphatic rings. The predicted molar refractivity (Wildman–Crippen MR) is 111 cm³/mol. The molecule has 0 spiro atoms. The van der Waals surface area contributed by atoms with Crippen LogP contribution in [0.1, 0.15) is 0 Å². The lowest BCUT2D eigenvalue weighted by atomic mass is 10.1. The van der Waals surface area contributed by atoms with Crippen LogP contribution in [0.15, 0.2) is 48.8 Å². The van der Waals surface area contributed by atoms with E-state index >= 15 is 0 Å². The van der Waals surface area contributed by atoms with Crippen molar-refractivity contribution in [2.75, 3.05) is 21.3 Å². The highest BCUT2D eigenvalue weighted by Gasteiger charge is 2.17.